The zero-order valence-electron chi connectivity index (χ0n) is 28.9. The lowest BCUT2D eigenvalue weighted by Gasteiger charge is -2.38. The van der Waals surface area contributed by atoms with Crippen LogP contribution >= 0.6 is 11.6 Å². The van der Waals surface area contributed by atoms with Crippen molar-refractivity contribution in [2.75, 3.05) is 38.7 Å². The number of rotatable bonds is 15. The number of hydrogen-bond donors (Lipinski definition) is 2. The summed E-state index contributed by atoms with van der Waals surface area (Å²) in [5.74, 6) is -0.437. The van der Waals surface area contributed by atoms with Crippen LogP contribution in [0.1, 0.15) is 52.6 Å². The summed E-state index contributed by atoms with van der Waals surface area (Å²) in [4.78, 5) is 13.5. The number of benzene rings is 4. The average molecular weight is 730 g/mol. The summed E-state index contributed by atoms with van der Waals surface area (Å²) in [5.41, 5.74) is 5.34. The molecule has 0 bridgehead atoms. The van der Waals surface area contributed by atoms with Crippen molar-refractivity contribution >= 4 is 38.5 Å². The highest BCUT2D eigenvalue weighted by molar-refractivity contribution is 7.89. The van der Waals surface area contributed by atoms with Crippen LogP contribution < -0.4 is 9.46 Å². The van der Waals surface area contributed by atoms with E-state index in [1.54, 1.807) is 12.1 Å². The standard InChI is InChI=1S/C40H44ClN3O6S/c1-28-26-49-27-29(2)43(28)22-24-51(47,48)42-21-19-38-35(20-23-50-34-16-13-32(14-17-34)40(45)46)36-25-33(41)15-18-37(36)44(38)39(30-9-5-3-6-10-30)31-11-7-4-8-12-31/h3-18,25,28-29,39,42H,19-24,26-27H2,1-2H3,(H,45,46)/t28-,29+. The molecule has 4 aromatic carbocycles. The highest BCUT2D eigenvalue weighted by Gasteiger charge is 2.28. The molecule has 0 aliphatic carbocycles. The van der Waals surface area contributed by atoms with Crippen molar-refractivity contribution < 1.29 is 27.8 Å². The van der Waals surface area contributed by atoms with Crippen LogP contribution in [0.5, 0.6) is 5.75 Å². The van der Waals surface area contributed by atoms with E-state index in [1.165, 1.54) is 12.1 Å². The Morgan fingerprint density at radius 1 is 0.922 bits per heavy atom. The van der Waals surface area contributed by atoms with E-state index in [2.05, 4.69) is 52.3 Å². The Balaban J connectivity index is 1.35. The first-order valence-electron chi connectivity index (χ1n) is 17.3. The number of carboxylic acids is 1. The van der Waals surface area contributed by atoms with E-state index in [0.717, 1.165) is 33.3 Å². The topological polar surface area (TPSA) is 110 Å². The third kappa shape index (κ3) is 8.83. The molecule has 1 aliphatic rings. The summed E-state index contributed by atoms with van der Waals surface area (Å²) in [6.45, 7) is 6.27. The Hall–Kier alpha value is -4.19. The number of ether oxygens (including phenoxy) is 2. The number of aromatic nitrogens is 1. The van der Waals surface area contributed by atoms with Crippen molar-refractivity contribution in [3.05, 3.63) is 136 Å². The van der Waals surface area contributed by atoms with E-state index in [0.29, 0.717) is 50.0 Å². The van der Waals surface area contributed by atoms with Crippen LogP contribution in [0.4, 0.5) is 0 Å². The number of carboxylic acid groups (broad SMARTS) is 1. The fraction of sp³-hybridized carbons (Fsp3) is 0.325. The molecule has 2 N–H and O–H groups in total. The molecular weight excluding hydrogens is 686 g/mol. The minimum absolute atomic E-state index is 0.00169. The summed E-state index contributed by atoms with van der Waals surface area (Å²) in [7, 11) is -3.58. The number of sulfonamides is 1. The fourth-order valence-electron chi connectivity index (χ4n) is 7.08. The number of nitrogens with one attached hydrogen (secondary N) is 1. The van der Waals surface area contributed by atoms with Crippen molar-refractivity contribution in [2.24, 2.45) is 0 Å². The zero-order chi connectivity index (χ0) is 36.0. The van der Waals surface area contributed by atoms with Crippen LogP contribution in [-0.2, 0) is 27.6 Å². The number of fused-ring (bicyclic) bond motifs is 1. The fourth-order valence-corrected chi connectivity index (χ4v) is 8.26. The molecule has 1 fully saturated rings. The van der Waals surface area contributed by atoms with Gasteiger partial charge in [-0.1, -0.05) is 72.3 Å². The quantitative estimate of drug-likeness (QED) is 0.122. The molecule has 6 rings (SSSR count). The van der Waals surface area contributed by atoms with Gasteiger partial charge < -0.3 is 19.1 Å². The van der Waals surface area contributed by atoms with Crippen LogP contribution in [0.3, 0.4) is 0 Å². The van der Waals surface area contributed by atoms with Gasteiger partial charge in [0.05, 0.1) is 37.2 Å². The Morgan fingerprint density at radius 2 is 1.55 bits per heavy atom. The van der Waals surface area contributed by atoms with Crippen molar-refractivity contribution in [1.29, 1.82) is 0 Å². The first kappa shape index (κ1) is 36.6. The molecular formula is C40H44ClN3O6S. The van der Waals surface area contributed by atoms with E-state index >= 15 is 0 Å². The largest absolute Gasteiger partial charge is 0.493 e. The predicted octanol–water partition coefficient (Wildman–Crippen LogP) is 6.82. The lowest BCUT2D eigenvalue weighted by atomic mass is 9.97. The maximum atomic E-state index is 13.4. The van der Waals surface area contributed by atoms with Gasteiger partial charge in [-0.15, -0.1) is 0 Å². The highest BCUT2D eigenvalue weighted by atomic mass is 35.5. The Bertz CT molecular complexity index is 1990. The number of nitrogens with zero attached hydrogens (tertiary/aromatic N) is 2. The molecule has 268 valence electrons. The van der Waals surface area contributed by atoms with Gasteiger partial charge in [-0.2, -0.15) is 0 Å². The van der Waals surface area contributed by atoms with Gasteiger partial charge in [0.15, 0.2) is 0 Å². The SMILES string of the molecule is C[C@@H]1COC[C@H](C)N1CCS(=O)(=O)NCCc1c(CCOc2ccc(C(=O)O)cc2)c2cc(Cl)ccc2n1C(c1ccccc1)c1ccccc1. The zero-order valence-corrected chi connectivity index (χ0v) is 30.4. The molecule has 11 heteroatoms. The molecule has 2 atom stereocenters. The molecule has 1 aromatic heterocycles. The predicted molar refractivity (Wildman–Crippen MR) is 202 cm³/mol. The van der Waals surface area contributed by atoms with Crippen molar-refractivity contribution in [3.8, 4) is 5.75 Å². The number of hydrogen-bond acceptors (Lipinski definition) is 6. The van der Waals surface area contributed by atoms with Crippen LogP contribution in [0.25, 0.3) is 10.9 Å². The summed E-state index contributed by atoms with van der Waals surface area (Å²) >= 11 is 6.63. The lowest BCUT2D eigenvalue weighted by Crippen LogP contribution is -2.51. The van der Waals surface area contributed by atoms with Gasteiger partial charge in [-0.3, -0.25) is 4.90 Å². The smallest absolute Gasteiger partial charge is 0.335 e. The first-order chi connectivity index (χ1) is 24.6. The van der Waals surface area contributed by atoms with Crippen LogP contribution in [0, 0.1) is 0 Å². The lowest BCUT2D eigenvalue weighted by molar-refractivity contribution is -0.0334. The minimum atomic E-state index is -3.58. The molecule has 9 nitrogen and oxygen atoms in total. The third-order valence-corrected chi connectivity index (χ3v) is 11.1. The van der Waals surface area contributed by atoms with Crippen molar-refractivity contribution in [1.82, 2.24) is 14.2 Å². The van der Waals surface area contributed by atoms with E-state index in [9.17, 15) is 18.3 Å². The monoisotopic (exact) mass is 729 g/mol. The first-order valence-corrected chi connectivity index (χ1v) is 19.3. The molecule has 0 radical (unpaired) electrons. The molecule has 1 saturated heterocycles. The van der Waals surface area contributed by atoms with Gasteiger partial charge in [-0.25, -0.2) is 17.9 Å². The summed E-state index contributed by atoms with van der Waals surface area (Å²) in [6.07, 6.45) is 0.935. The van der Waals surface area contributed by atoms with E-state index < -0.39 is 16.0 Å². The maximum Gasteiger partial charge on any atom is 0.335 e. The van der Waals surface area contributed by atoms with Gasteiger partial charge in [-0.05, 0) is 73.0 Å². The molecule has 0 amide bonds. The molecule has 2 heterocycles. The van der Waals surface area contributed by atoms with Gasteiger partial charge >= 0.3 is 5.97 Å². The van der Waals surface area contributed by atoms with E-state index in [1.807, 2.05) is 54.6 Å². The molecule has 0 spiro atoms. The molecule has 5 aromatic rings. The second-order valence-electron chi connectivity index (χ2n) is 13.0. The van der Waals surface area contributed by atoms with Gasteiger partial charge in [0.1, 0.15) is 5.75 Å². The minimum Gasteiger partial charge on any atom is -0.493 e. The Labute approximate surface area is 304 Å². The van der Waals surface area contributed by atoms with E-state index in [-0.39, 0.29) is 36.0 Å². The second kappa shape index (κ2) is 16.4. The third-order valence-electron chi connectivity index (χ3n) is 9.55. The molecule has 0 unspecified atom stereocenters. The summed E-state index contributed by atoms with van der Waals surface area (Å²) in [5, 5.41) is 10.9. The second-order valence-corrected chi connectivity index (χ2v) is 15.4. The van der Waals surface area contributed by atoms with Gasteiger partial charge in [0, 0.05) is 59.6 Å². The summed E-state index contributed by atoms with van der Waals surface area (Å²) < 4.78 is 43.7. The van der Waals surface area contributed by atoms with Crippen LogP contribution in [0.2, 0.25) is 5.02 Å². The molecule has 1 aliphatic heterocycles. The Morgan fingerprint density at radius 3 is 2.16 bits per heavy atom. The van der Waals surface area contributed by atoms with Crippen molar-refractivity contribution in [2.45, 2.75) is 44.8 Å². The maximum absolute atomic E-state index is 13.4. The molecule has 51 heavy (non-hydrogen) atoms. The average Bonchev–Trinajstić information content (AvgIpc) is 3.40. The van der Waals surface area contributed by atoms with Gasteiger partial charge in [0.2, 0.25) is 10.0 Å². The van der Waals surface area contributed by atoms with Crippen LogP contribution in [-0.4, -0.2) is 79.7 Å². The van der Waals surface area contributed by atoms with Crippen LogP contribution in [0.15, 0.2) is 103 Å². The summed E-state index contributed by atoms with van der Waals surface area (Å²) in [6, 6.07) is 32.9. The number of carbonyl (C=O) groups is 1. The van der Waals surface area contributed by atoms with E-state index in [4.69, 9.17) is 21.1 Å². The number of aromatic carboxylic acids is 1. The number of halogens is 1. The molecule has 0 saturated carbocycles. The van der Waals surface area contributed by atoms with Crippen molar-refractivity contribution in [3.63, 3.8) is 0 Å². The Kier molecular flexibility index (Phi) is 11.8. The normalized spacial score (nSPS) is 16.9. The highest BCUT2D eigenvalue weighted by Crippen LogP contribution is 2.38. The number of morpholine rings is 1. The van der Waals surface area contributed by atoms with Gasteiger partial charge in [0.25, 0.3) is 0 Å².